The summed E-state index contributed by atoms with van der Waals surface area (Å²) >= 11 is 0. The van der Waals surface area contributed by atoms with E-state index < -0.39 is 0 Å². The molecule has 0 spiro atoms. The van der Waals surface area contributed by atoms with Crippen LogP contribution in [0, 0.1) is 0 Å². The Morgan fingerprint density at radius 1 is 1.70 bits per heavy atom. The van der Waals surface area contributed by atoms with Crippen molar-refractivity contribution in [2.45, 2.75) is 31.4 Å². The van der Waals surface area contributed by atoms with Crippen LogP contribution in [0.4, 0.5) is 0 Å². The zero-order valence-electron chi connectivity index (χ0n) is 5.92. The zero-order valence-corrected chi connectivity index (χ0v) is 5.92. The number of aldehydes is 1. The van der Waals surface area contributed by atoms with Gasteiger partial charge in [-0.25, -0.2) is 0 Å². The van der Waals surface area contributed by atoms with Gasteiger partial charge in [-0.1, -0.05) is 0 Å². The zero-order chi connectivity index (χ0) is 7.40. The molecule has 3 nitrogen and oxygen atoms in total. The number of hydrogen-bond donors (Lipinski definition) is 2. The molecule has 0 bridgehead atoms. The smallest absolute Gasteiger partial charge is 0.121 e. The highest BCUT2D eigenvalue weighted by molar-refractivity contribution is 5.50. The standard InChI is InChI=1S/C7H13NO2/c9-5-3-6-7(10)2-1-4-8-6/h5-8,10H,1-4H2/t6-,7+/m1/s1. The van der Waals surface area contributed by atoms with Crippen LogP contribution in [0.3, 0.4) is 0 Å². The maximum Gasteiger partial charge on any atom is 0.121 e. The average molecular weight is 143 g/mol. The van der Waals surface area contributed by atoms with Gasteiger partial charge in [0.25, 0.3) is 0 Å². The second-order valence-electron chi connectivity index (χ2n) is 2.67. The van der Waals surface area contributed by atoms with Crippen LogP contribution in [-0.4, -0.2) is 30.1 Å². The van der Waals surface area contributed by atoms with Crippen molar-refractivity contribution in [3.05, 3.63) is 0 Å². The van der Waals surface area contributed by atoms with Crippen LogP contribution in [0.5, 0.6) is 0 Å². The summed E-state index contributed by atoms with van der Waals surface area (Å²) in [5, 5.41) is 12.4. The Bertz CT molecular complexity index is 116. The third-order valence-electron chi connectivity index (χ3n) is 1.90. The number of nitrogens with one attached hydrogen (secondary N) is 1. The van der Waals surface area contributed by atoms with Gasteiger partial charge < -0.3 is 15.2 Å². The minimum atomic E-state index is -0.320. The van der Waals surface area contributed by atoms with Gasteiger partial charge in [-0.2, -0.15) is 0 Å². The topological polar surface area (TPSA) is 49.3 Å². The highest BCUT2D eigenvalue weighted by atomic mass is 16.3. The molecule has 0 aromatic rings. The monoisotopic (exact) mass is 143 g/mol. The van der Waals surface area contributed by atoms with Crippen LogP contribution in [0.1, 0.15) is 19.3 Å². The molecule has 0 aliphatic carbocycles. The van der Waals surface area contributed by atoms with Crippen LogP contribution in [0.15, 0.2) is 0 Å². The Morgan fingerprint density at radius 3 is 3.10 bits per heavy atom. The molecular formula is C7H13NO2. The minimum absolute atomic E-state index is 0.00579. The van der Waals surface area contributed by atoms with Gasteiger partial charge in [-0.15, -0.1) is 0 Å². The number of piperidine rings is 1. The predicted molar refractivity (Wildman–Crippen MR) is 37.7 cm³/mol. The molecule has 1 fully saturated rings. The van der Waals surface area contributed by atoms with Crippen molar-refractivity contribution in [1.82, 2.24) is 5.32 Å². The summed E-state index contributed by atoms with van der Waals surface area (Å²) in [7, 11) is 0. The van der Waals surface area contributed by atoms with Crippen molar-refractivity contribution < 1.29 is 9.90 Å². The molecule has 1 aliphatic heterocycles. The quantitative estimate of drug-likeness (QED) is 0.521. The number of carbonyl (C=O) groups excluding carboxylic acids is 1. The van der Waals surface area contributed by atoms with Gasteiger partial charge in [0.15, 0.2) is 0 Å². The van der Waals surface area contributed by atoms with Crippen LogP contribution in [0.25, 0.3) is 0 Å². The molecule has 0 unspecified atom stereocenters. The number of rotatable bonds is 2. The summed E-state index contributed by atoms with van der Waals surface area (Å²) in [6.45, 7) is 0.926. The Hall–Kier alpha value is -0.410. The molecule has 3 heteroatoms. The van der Waals surface area contributed by atoms with Crippen LogP contribution >= 0.6 is 0 Å². The van der Waals surface area contributed by atoms with Gasteiger partial charge in [0, 0.05) is 12.5 Å². The molecule has 1 saturated heterocycles. The number of carbonyl (C=O) groups is 1. The fourth-order valence-corrected chi connectivity index (χ4v) is 1.28. The highest BCUT2D eigenvalue weighted by Gasteiger charge is 2.21. The van der Waals surface area contributed by atoms with Crippen molar-refractivity contribution in [2.75, 3.05) is 6.54 Å². The maximum absolute atomic E-state index is 10.1. The van der Waals surface area contributed by atoms with Crippen LogP contribution < -0.4 is 5.32 Å². The molecule has 2 atom stereocenters. The fraction of sp³-hybridized carbons (Fsp3) is 0.857. The summed E-state index contributed by atoms with van der Waals surface area (Å²) in [6, 6.07) is 0.00579. The minimum Gasteiger partial charge on any atom is -0.391 e. The van der Waals surface area contributed by atoms with Crippen molar-refractivity contribution in [1.29, 1.82) is 0 Å². The van der Waals surface area contributed by atoms with Gasteiger partial charge in [0.1, 0.15) is 6.29 Å². The van der Waals surface area contributed by atoms with Crippen molar-refractivity contribution >= 4 is 6.29 Å². The summed E-state index contributed by atoms with van der Waals surface area (Å²) in [5.41, 5.74) is 0. The Balaban J connectivity index is 2.32. The van der Waals surface area contributed by atoms with E-state index in [1.165, 1.54) is 0 Å². The molecule has 10 heavy (non-hydrogen) atoms. The van der Waals surface area contributed by atoms with Crippen molar-refractivity contribution in [3.63, 3.8) is 0 Å². The van der Waals surface area contributed by atoms with E-state index in [9.17, 15) is 9.90 Å². The number of aliphatic hydroxyl groups is 1. The van der Waals surface area contributed by atoms with Gasteiger partial charge in [0.05, 0.1) is 6.10 Å². The van der Waals surface area contributed by atoms with E-state index in [-0.39, 0.29) is 12.1 Å². The summed E-state index contributed by atoms with van der Waals surface area (Å²) in [4.78, 5) is 10.1. The summed E-state index contributed by atoms with van der Waals surface area (Å²) in [5.74, 6) is 0. The third-order valence-corrected chi connectivity index (χ3v) is 1.90. The molecule has 58 valence electrons. The first-order chi connectivity index (χ1) is 4.84. The first-order valence-electron chi connectivity index (χ1n) is 3.69. The highest BCUT2D eigenvalue weighted by Crippen LogP contribution is 2.09. The van der Waals surface area contributed by atoms with E-state index in [4.69, 9.17) is 0 Å². The molecule has 2 N–H and O–H groups in total. The largest absolute Gasteiger partial charge is 0.391 e. The van der Waals surface area contributed by atoms with Crippen LogP contribution in [0.2, 0.25) is 0 Å². The van der Waals surface area contributed by atoms with Gasteiger partial charge in [0.2, 0.25) is 0 Å². The lowest BCUT2D eigenvalue weighted by atomic mass is 9.99. The van der Waals surface area contributed by atoms with E-state index in [1.807, 2.05) is 0 Å². The second kappa shape index (κ2) is 3.68. The van der Waals surface area contributed by atoms with Gasteiger partial charge >= 0.3 is 0 Å². The number of hydrogen-bond acceptors (Lipinski definition) is 3. The van der Waals surface area contributed by atoms with E-state index in [2.05, 4.69) is 5.32 Å². The SMILES string of the molecule is O=CC[C@H]1NCCC[C@@H]1O. The molecular weight excluding hydrogens is 130 g/mol. The summed E-state index contributed by atoms with van der Waals surface area (Å²) in [6.07, 6.45) is 2.80. The molecule has 0 radical (unpaired) electrons. The lowest BCUT2D eigenvalue weighted by Crippen LogP contribution is -2.44. The van der Waals surface area contributed by atoms with E-state index >= 15 is 0 Å². The van der Waals surface area contributed by atoms with Crippen LogP contribution in [-0.2, 0) is 4.79 Å². The molecule has 1 rings (SSSR count). The van der Waals surface area contributed by atoms with Gasteiger partial charge in [-0.3, -0.25) is 0 Å². The third kappa shape index (κ3) is 1.78. The fourth-order valence-electron chi connectivity index (χ4n) is 1.28. The van der Waals surface area contributed by atoms with Crippen molar-refractivity contribution in [2.24, 2.45) is 0 Å². The van der Waals surface area contributed by atoms with Gasteiger partial charge in [-0.05, 0) is 19.4 Å². The predicted octanol–water partition coefficient (Wildman–Crippen LogP) is -0.312. The molecule has 0 aromatic heterocycles. The normalized spacial score (nSPS) is 33.7. The second-order valence-corrected chi connectivity index (χ2v) is 2.67. The van der Waals surface area contributed by atoms with E-state index in [0.29, 0.717) is 6.42 Å². The first kappa shape index (κ1) is 7.69. The Morgan fingerprint density at radius 2 is 2.50 bits per heavy atom. The lowest BCUT2D eigenvalue weighted by molar-refractivity contribution is -0.109. The molecule has 0 aromatic carbocycles. The van der Waals surface area contributed by atoms with Crippen molar-refractivity contribution in [3.8, 4) is 0 Å². The van der Waals surface area contributed by atoms with E-state index in [1.54, 1.807) is 0 Å². The first-order valence-corrected chi connectivity index (χ1v) is 3.69. The van der Waals surface area contributed by atoms with E-state index in [0.717, 1.165) is 25.7 Å². The average Bonchev–Trinajstić information content (AvgIpc) is 1.94. The maximum atomic E-state index is 10.1. The Kier molecular flexibility index (Phi) is 2.83. The molecule has 1 heterocycles. The summed E-state index contributed by atoms with van der Waals surface area (Å²) < 4.78 is 0. The lowest BCUT2D eigenvalue weighted by Gasteiger charge is -2.27. The molecule has 1 aliphatic rings. The Labute approximate surface area is 60.4 Å². The molecule has 0 saturated carbocycles. The molecule has 0 amide bonds. The number of aliphatic hydroxyl groups excluding tert-OH is 1.